The van der Waals surface area contributed by atoms with Crippen LogP contribution in [0.5, 0.6) is 11.6 Å². The minimum absolute atomic E-state index is 0.0172. The fourth-order valence-corrected chi connectivity index (χ4v) is 3.62. The standard InChI is InChI=1S/C20H14ClF5N4O3S/c1-9-15(18(31)28-10-4-3-5-12(6-10)34(2,27)32)19(30-29-17(9)20(24,25)26)33-11-7-13(22)16(21)14(23)8-11/h3-8,27H,1-2H3,(H,28,31). The number of hydrogen-bond acceptors (Lipinski definition) is 6. The molecule has 34 heavy (non-hydrogen) atoms. The summed E-state index contributed by atoms with van der Waals surface area (Å²) in [5.41, 5.74) is -2.84. The number of anilines is 1. The Kier molecular flexibility index (Phi) is 6.80. The molecule has 7 nitrogen and oxygen atoms in total. The minimum Gasteiger partial charge on any atom is -0.437 e. The fraction of sp³-hybridized carbons (Fsp3) is 0.150. The molecule has 2 N–H and O–H groups in total. The van der Waals surface area contributed by atoms with Gasteiger partial charge in [-0.25, -0.2) is 17.8 Å². The Labute approximate surface area is 194 Å². The third-order valence-corrected chi connectivity index (χ3v) is 5.91. The number of carbonyl (C=O) groups is 1. The van der Waals surface area contributed by atoms with E-state index in [0.717, 1.165) is 13.2 Å². The molecule has 3 rings (SSSR count). The van der Waals surface area contributed by atoms with Crippen LogP contribution in [0.25, 0.3) is 0 Å². The first kappa shape index (κ1) is 25.3. The van der Waals surface area contributed by atoms with Crippen LogP contribution in [-0.4, -0.2) is 26.6 Å². The largest absolute Gasteiger partial charge is 0.437 e. The summed E-state index contributed by atoms with van der Waals surface area (Å²) in [6, 6.07) is 6.63. The molecule has 0 saturated heterocycles. The molecule has 0 aliphatic carbocycles. The predicted molar refractivity (Wildman–Crippen MR) is 113 cm³/mol. The van der Waals surface area contributed by atoms with Crippen molar-refractivity contribution in [2.45, 2.75) is 18.0 Å². The monoisotopic (exact) mass is 520 g/mol. The lowest BCUT2D eigenvalue weighted by molar-refractivity contribution is -0.142. The SMILES string of the molecule is Cc1c(C(F)(F)F)nnc(Oc2cc(F)c(Cl)c(F)c2)c1C(=O)Nc1cccc(S(C)(=N)=O)c1. The summed E-state index contributed by atoms with van der Waals surface area (Å²) >= 11 is 5.41. The van der Waals surface area contributed by atoms with Crippen molar-refractivity contribution in [3.63, 3.8) is 0 Å². The second-order valence-electron chi connectivity index (χ2n) is 6.98. The van der Waals surface area contributed by atoms with Gasteiger partial charge in [0.25, 0.3) is 11.8 Å². The van der Waals surface area contributed by atoms with E-state index in [-0.39, 0.29) is 10.6 Å². The predicted octanol–water partition coefficient (Wildman–Crippen LogP) is 5.82. The summed E-state index contributed by atoms with van der Waals surface area (Å²) in [6.07, 6.45) is -3.82. The highest BCUT2D eigenvalue weighted by Gasteiger charge is 2.38. The lowest BCUT2D eigenvalue weighted by Gasteiger charge is -2.16. The number of ether oxygens (including phenoxy) is 1. The van der Waals surface area contributed by atoms with Gasteiger partial charge in [0.1, 0.15) is 28.0 Å². The number of alkyl halides is 3. The van der Waals surface area contributed by atoms with Crippen LogP contribution in [-0.2, 0) is 15.9 Å². The first-order chi connectivity index (χ1) is 15.7. The quantitative estimate of drug-likeness (QED) is 0.326. The van der Waals surface area contributed by atoms with Crippen molar-refractivity contribution in [2.24, 2.45) is 0 Å². The van der Waals surface area contributed by atoms with Gasteiger partial charge in [-0.05, 0) is 30.7 Å². The van der Waals surface area contributed by atoms with E-state index in [1.165, 1.54) is 24.3 Å². The molecule has 0 bridgehead atoms. The molecule has 1 amide bonds. The number of nitrogens with zero attached hydrogens (tertiary/aromatic N) is 2. The molecule has 14 heteroatoms. The van der Waals surface area contributed by atoms with E-state index in [1.807, 2.05) is 0 Å². The van der Waals surface area contributed by atoms with Crippen molar-refractivity contribution < 1.29 is 35.7 Å². The van der Waals surface area contributed by atoms with Gasteiger partial charge >= 0.3 is 6.18 Å². The third kappa shape index (κ3) is 5.42. The summed E-state index contributed by atoms with van der Waals surface area (Å²) < 4.78 is 92.4. The highest BCUT2D eigenvalue weighted by molar-refractivity contribution is 7.91. The fourth-order valence-electron chi connectivity index (χ4n) is 2.82. The maximum Gasteiger partial charge on any atom is 0.435 e. The molecule has 0 aliphatic heterocycles. The van der Waals surface area contributed by atoms with Crippen LogP contribution in [0.3, 0.4) is 0 Å². The van der Waals surface area contributed by atoms with E-state index >= 15 is 0 Å². The zero-order chi connectivity index (χ0) is 25.4. The van der Waals surface area contributed by atoms with E-state index in [9.17, 15) is 31.0 Å². The summed E-state index contributed by atoms with van der Waals surface area (Å²) in [7, 11) is -3.15. The van der Waals surface area contributed by atoms with Crippen LogP contribution < -0.4 is 10.1 Å². The molecular weight excluding hydrogens is 507 g/mol. The van der Waals surface area contributed by atoms with Crippen molar-refractivity contribution in [1.29, 1.82) is 4.78 Å². The summed E-state index contributed by atoms with van der Waals surface area (Å²) in [6.45, 7) is 0.946. The normalized spacial score (nSPS) is 13.3. The zero-order valence-electron chi connectivity index (χ0n) is 17.3. The van der Waals surface area contributed by atoms with Gasteiger partial charge in [-0.2, -0.15) is 13.2 Å². The Balaban J connectivity index is 2.09. The Bertz CT molecular complexity index is 1370. The molecular formula is C20H14ClF5N4O3S. The Hall–Kier alpha value is -3.32. The number of halogens is 6. The first-order valence-electron chi connectivity index (χ1n) is 9.10. The number of rotatable bonds is 5. The molecule has 180 valence electrons. The van der Waals surface area contributed by atoms with Crippen LogP contribution in [0, 0.1) is 23.3 Å². The average Bonchev–Trinajstić information content (AvgIpc) is 2.70. The van der Waals surface area contributed by atoms with Gasteiger partial charge in [-0.15, -0.1) is 10.2 Å². The van der Waals surface area contributed by atoms with Crippen molar-refractivity contribution in [1.82, 2.24) is 10.2 Å². The van der Waals surface area contributed by atoms with E-state index < -0.39 is 66.9 Å². The van der Waals surface area contributed by atoms with Crippen molar-refractivity contribution in [3.8, 4) is 11.6 Å². The number of carbonyl (C=O) groups excluding carboxylic acids is 1. The maximum atomic E-state index is 13.8. The van der Waals surface area contributed by atoms with Crippen LogP contribution >= 0.6 is 11.6 Å². The van der Waals surface area contributed by atoms with Crippen molar-refractivity contribution in [3.05, 3.63) is 69.9 Å². The topological polar surface area (TPSA) is 105 Å². The molecule has 1 unspecified atom stereocenters. The Morgan fingerprint density at radius 3 is 2.32 bits per heavy atom. The van der Waals surface area contributed by atoms with Gasteiger partial charge < -0.3 is 10.1 Å². The smallest absolute Gasteiger partial charge is 0.435 e. The lowest BCUT2D eigenvalue weighted by Crippen LogP contribution is -2.21. The number of aromatic nitrogens is 2. The summed E-state index contributed by atoms with van der Waals surface area (Å²) in [5, 5.41) is 7.83. The molecule has 0 aliphatic rings. The number of benzene rings is 2. The zero-order valence-corrected chi connectivity index (χ0v) is 18.8. The Morgan fingerprint density at radius 2 is 1.76 bits per heavy atom. The van der Waals surface area contributed by atoms with Gasteiger partial charge in [0.15, 0.2) is 5.69 Å². The molecule has 0 spiro atoms. The van der Waals surface area contributed by atoms with Gasteiger partial charge in [0, 0.05) is 29.0 Å². The molecule has 1 aromatic heterocycles. The first-order valence-corrected chi connectivity index (χ1v) is 11.4. The molecule has 0 radical (unpaired) electrons. The maximum absolute atomic E-state index is 13.8. The molecule has 0 saturated carbocycles. The Morgan fingerprint density at radius 1 is 1.15 bits per heavy atom. The van der Waals surface area contributed by atoms with E-state index in [1.54, 1.807) is 0 Å². The van der Waals surface area contributed by atoms with E-state index in [4.69, 9.17) is 21.1 Å². The van der Waals surface area contributed by atoms with Crippen molar-refractivity contribution >= 4 is 32.9 Å². The van der Waals surface area contributed by atoms with E-state index in [0.29, 0.717) is 12.1 Å². The van der Waals surface area contributed by atoms with Crippen LogP contribution in [0.4, 0.5) is 27.6 Å². The van der Waals surface area contributed by atoms with Gasteiger partial charge in [0.2, 0.25) is 0 Å². The molecule has 0 fully saturated rings. The second kappa shape index (κ2) is 9.14. The number of amides is 1. The van der Waals surface area contributed by atoms with Gasteiger partial charge in [-0.3, -0.25) is 4.79 Å². The van der Waals surface area contributed by atoms with E-state index in [2.05, 4.69) is 15.5 Å². The number of hydrogen-bond donors (Lipinski definition) is 2. The highest BCUT2D eigenvalue weighted by atomic mass is 35.5. The van der Waals surface area contributed by atoms with Gasteiger partial charge in [0.05, 0.1) is 9.73 Å². The molecule has 2 aromatic carbocycles. The average molecular weight is 521 g/mol. The second-order valence-corrected chi connectivity index (χ2v) is 9.52. The van der Waals surface area contributed by atoms with Gasteiger partial charge in [-0.1, -0.05) is 17.7 Å². The molecule has 1 heterocycles. The summed E-state index contributed by atoms with van der Waals surface area (Å²) in [5.74, 6) is -4.86. The third-order valence-electron chi connectivity index (χ3n) is 4.39. The summed E-state index contributed by atoms with van der Waals surface area (Å²) in [4.78, 5) is 13.0. The van der Waals surface area contributed by atoms with Crippen molar-refractivity contribution in [2.75, 3.05) is 11.6 Å². The van der Waals surface area contributed by atoms with Crippen LogP contribution in [0.15, 0.2) is 41.3 Å². The lowest BCUT2D eigenvalue weighted by atomic mass is 10.1. The minimum atomic E-state index is -4.97. The molecule has 3 aromatic rings. The van der Waals surface area contributed by atoms with Crippen LogP contribution in [0.2, 0.25) is 5.02 Å². The molecule has 1 atom stereocenters. The van der Waals surface area contributed by atoms with Crippen LogP contribution in [0.1, 0.15) is 21.6 Å². The number of nitrogens with one attached hydrogen (secondary N) is 2. The highest BCUT2D eigenvalue weighted by Crippen LogP contribution is 2.36.